The van der Waals surface area contributed by atoms with Crippen LogP contribution in [0.2, 0.25) is 0 Å². The number of aromatic nitrogens is 5. The number of pyridine rings is 1. The molecule has 1 aliphatic rings. The van der Waals surface area contributed by atoms with E-state index in [4.69, 9.17) is 9.72 Å². The molecular formula is C26H34N6O2. The highest BCUT2D eigenvalue weighted by atomic mass is 16.5. The van der Waals surface area contributed by atoms with Gasteiger partial charge >= 0.3 is 0 Å². The predicted molar refractivity (Wildman–Crippen MR) is 130 cm³/mol. The first-order valence-corrected chi connectivity index (χ1v) is 12.0. The minimum atomic E-state index is -0.154. The van der Waals surface area contributed by atoms with E-state index in [1.165, 1.54) is 6.20 Å². The second kappa shape index (κ2) is 10.4. The highest BCUT2D eigenvalue weighted by molar-refractivity contribution is 5.92. The van der Waals surface area contributed by atoms with E-state index < -0.39 is 0 Å². The molecule has 4 heterocycles. The van der Waals surface area contributed by atoms with Gasteiger partial charge in [-0.3, -0.25) is 14.8 Å². The molecule has 0 aromatic carbocycles. The van der Waals surface area contributed by atoms with Crippen LogP contribution in [0.15, 0.2) is 43.1 Å². The van der Waals surface area contributed by atoms with E-state index in [1.54, 1.807) is 23.5 Å². The maximum Gasteiger partial charge on any atom is 0.274 e. The number of hydrogen-bond acceptors (Lipinski definition) is 6. The number of rotatable bonds is 7. The van der Waals surface area contributed by atoms with E-state index in [9.17, 15) is 4.79 Å². The summed E-state index contributed by atoms with van der Waals surface area (Å²) in [5.74, 6) is 1.43. The average molecular weight is 463 g/mol. The minimum absolute atomic E-state index is 0.118. The van der Waals surface area contributed by atoms with E-state index in [0.717, 1.165) is 49.7 Å². The third kappa shape index (κ3) is 5.67. The number of carbonyl (C=O) groups is 1. The van der Waals surface area contributed by atoms with Crippen LogP contribution < -0.4 is 0 Å². The third-order valence-corrected chi connectivity index (χ3v) is 6.12. The molecule has 1 aliphatic heterocycles. The van der Waals surface area contributed by atoms with Gasteiger partial charge in [0, 0.05) is 56.9 Å². The quantitative estimate of drug-likeness (QED) is 0.525. The topological polar surface area (TPSA) is 86.0 Å². The fourth-order valence-corrected chi connectivity index (χ4v) is 4.28. The van der Waals surface area contributed by atoms with Crippen LogP contribution >= 0.6 is 0 Å². The van der Waals surface area contributed by atoms with Crippen molar-refractivity contribution in [1.29, 1.82) is 0 Å². The Morgan fingerprint density at radius 2 is 1.91 bits per heavy atom. The minimum Gasteiger partial charge on any atom is -0.381 e. The van der Waals surface area contributed by atoms with Crippen molar-refractivity contribution in [3.63, 3.8) is 0 Å². The van der Waals surface area contributed by atoms with E-state index in [2.05, 4.69) is 46.5 Å². The van der Waals surface area contributed by atoms with Crippen molar-refractivity contribution in [3.05, 3.63) is 60.2 Å². The first-order valence-electron chi connectivity index (χ1n) is 12.0. The van der Waals surface area contributed by atoms with Gasteiger partial charge in [-0.15, -0.1) is 0 Å². The molecule has 0 bridgehead atoms. The Bertz CT molecular complexity index is 1100. The Kier molecular flexibility index (Phi) is 7.36. The molecule has 1 saturated heterocycles. The lowest BCUT2D eigenvalue weighted by molar-refractivity contribution is 0.0607. The van der Waals surface area contributed by atoms with Crippen LogP contribution in [0.25, 0.3) is 11.4 Å². The molecule has 3 aromatic rings. The molecule has 8 heteroatoms. The summed E-state index contributed by atoms with van der Waals surface area (Å²) in [4.78, 5) is 33.1. The summed E-state index contributed by atoms with van der Waals surface area (Å²) in [6.45, 7) is 12.0. The fourth-order valence-electron chi connectivity index (χ4n) is 4.28. The monoisotopic (exact) mass is 462 g/mol. The number of carbonyl (C=O) groups excluding carboxylic acids is 1. The van der Waals surface area contributed by atoms with E-state index in [-0.39, 0.29) is 11.3 Å². The standard InChI is InChI=1S/C26H34N6O2/c1-5-31(17-20-7-6-10-27-13-20)24(33)22-15-28-14-21(29-22)23-18-32(25(30-23)26(2,3)4)16-19-8-11-34-12-9-19/h6-7,10,13-15,18-19H,5,8-9,11-12,16-17H2,1-4H3. The fraction of sp³-hybridized carbons (Fsp3) is 0.500. The van der Waals surface area contributed by atoms with Crippen molar-refractivity contribution in [2.45, 2.75) is 59.0 Å². The zero-order chi connectivity index (χ0) is 24.1. The van der Waals surface area contributed by atoms with E-state index >= 15 is 0 Å². The zero-order valence-corrected chi connectivity index (χ0v) is 20.6. The average Bonchev–Trinajstić information content (AvgIpc) is 3.28. The van der Waals surface area contributed by atoms with Gasteiger partial charge in [0.2, 0.25) is 0 Å². The van der Waals surface area contributed by atoms with Gasteiger partial charge in [0.25, 0.3) is 5.91 Å². The Morgan fingerprint density at radius 3 is 2.59 bits per heavy atom. The van der Waals surface area contributed by atoms with Crippen LogP contribution in [-0.4, -0.2) is 55.1 Å². The molecule has 34 heavy (non-hydrogen) atoms. The van der Waals surface area contributed by atoms with Crippen LogP contribution in [0.3, 0.4) is 0 Å². The maximum atomic E-state index is 13.2. The molecule has 0 spiro atoms. The van der Waals surface area contributed by atoms with Crippen LogP contribution in [0, 0.1) is 5.92 Å². The van der Waals surface area contributed by atoms with Crippen LogP contribution in [0.4, 0.5) is 0 Å². The van der Waals surface area contributed by atoms with Gasteiger partial charge in [-0.1, -0.05) is 26.8 Å². The van der Waals surface area contributed by atoms with Gasteiger partial charge < -0.3 is 14.2 Å². The number of nitrogens with zero attached hydrogens (tertiary/aromatic N) is 6. The molecule has 0 atom stereocenters. The molecule has 180 valence electrons. The molecule has 0 saturated carbocycles. The van der Waals surface area contributed by atoms with Crippen molar-refractivity contribution < 1.29 is 9.53 Å². The molecule has 0 N–H and O–H groups in total. The Morgan fingerprint density at radius 1 is 1.12 bits per heavy atom. The van der Waals surface area contributed by atoms with Gasteiger partial charge in [0.05, 0.1) is 12.4 Å². The summed E-state index contributed by atoms with van der Waals surface area (Å²) < 4.78 is 7.78. The summed E-state index contributed by atoms with van der Waals surface area (Å²) in [7, 11) is 0. The largest absolute Gasteiger partial charge is 0.381 e. The Labute approximate surface area is 201 Å². The Balaban J connectivity index is 1.59. The van der Waals surface area contributed by atoms with Crippen LogP contribution in [0.5, 0.6) is 0 Å². The third-order valence-electron chi connectivity index (χ3n) is 6.12. The maximum absolute atomic E-state index is 13.2. The van der Waals surface area contributed by atoms with E-state index in [0.29, 0.717) is 30.4 Å². The summed E-state index contributed by atoms with van der Waals surface area (Å²) in [6.07, 6.45) is 10.9. The van der Waals surface area contributed by atoms with Crippen molar-refractivity contribution in [2.24, 2.45) is 5.92 Å². The molecule has 0 radical (unpaired) electrons. The van der Waals surface area contributed by atoms with Crippen LogP contribution in [-0.2, 0) is 23.2 Å². The van der Waals surface area contributed by atoms with Crippen molar-refractivity contribution in [2.75, 3.05) is 19.8 Å². The summed E-state index contributed by atoms with van der Waals surface area (Å²) in [5, 5.41) is 0. The van der Waals surface area contributed by atoms with Crippen molar-refractivity contribution >= 4 is 5.91 Å². The first-order chi connectivity index (χ1) is 16.3. The number of ether oxygens (including phenoxy) is 1. The first kappa shape index (κ1) is 24.0. The van der Waals surface area contributed by atoms with Crippen molar-refractivity contribution in [1.82, 2.24) is 29.4 Å². The van der Waals surface area contributed by atoms with Gasteiger partial charge in [-0.05, 0) is 37.3 Å². The van der Waals surface area contributed by atoms with Crippen molar-refractivity contribution in [3.8, 4) is 11.4 Å². The second-order valence-corrected chi connectivity index (χ2v) is 9.88. The van der Waals surface area contributed by atoms with Gasteiger partial charge in [0.1, 0.15) is 22.9 Å². The SMILES string of the molecule is CCN(Cc1cccnc1)C(=O)c1cncc(-c2cn(CC3CCOCC3)c(C(C)(C)C)n2)n1. The Hall–Kier alpha value is -3.13. The normalized spacial score (nSPS) is 14.8. The molecule has 4 rings (SSSR count). The summed E-state index contributed by atoms with van der Waals surface area (Å²) in [6, 6.07) is 3.84. The summed E-state index contributed by atoms with van der Waals surface area (Å²) >= 11 is 0. The highest BCUT2D eigenvalue weighted by Crippen LogP contribution is 2.28. The van der Waals surface area contributed by atoms with Crippen LogP contribution in [0.1, 0.15) is 62.4 Å². The lowest BCUT2D eigenvalue weighted by Gasteiger charge is -2.25. The molecule has 3 aromatic heterocycles. The lowest BCUT2D eigenvalue weighted by atomic mass is 9.94. The number of hydrogen-bond donors (Lipinski definition) is 0. The molecule has 0 aliphatic carbocycles. The van der Waals surface area contributed by atoms with E-state index in [1.807, 2.05) is 19.1 Å². The van der Waals surface area contributed by atoms with Gasteiger partial charge in [-0.2, -0.15) is 0 Å². The molecule has 8 nitrogen and oxygen atoms in total. The molecule has 1 fully saturated rings. The summed E-state index contributed by atoms with van der Waals surface area (Å²) in [5.41, 5.74) is 2.53. The molecule has 1 amide bonds. The number of amides is 1. The smallest absolute Gasteiger partial charge is 0.274 e. The number of imidazole rings is 1. The highest BCUT2D eigenvalue weighted by Gasteiger charge is 2.25. The lowest BCUT2D eigenvalue weighted by Crippen LogP contribution is -2.31. The zero-order valence-electron chi connectivity index (χ0n) is 20.6. The van der Waals surface area contributed by atoms with Gasteiger partial charge in [0.15, 0.2) is 0 Å². The predicted octanol–water partition coefficient (Wildman–Crippen LogP) is 4.12. The molecule has 0 unspecified atom stereocenters. The van der Waals surface area contributed by atoms with Gasteiger partial charge in [-0.25, -0.2) is 9.97 Å². The molecular weight excluding hydrogens is 428 g/mol. The second-order valence-electron chi connectivity index (χ2n) is 9.88.